The van der Waals surface area contributed by atoms with Gasteiger partial charge in [-0.05, 0) is 44.9 Å². The van der Waals surface area contributed by atoms with Gasteiger partial charge in [-0.15, -0.1) is 24.8 Å². The van der Waals surface area contributed by atoms with Crippen LogP contribution in [0.3, 0.4) is 0 Å². The highest BCUT2D eigenvalue weighted by atomic mass is 35.5. The molecule has 0 saturated carbocycles. The normalized spacial score (nSPS) is 11.3. The molecule has 7 nitrogen and oxygen atoms in total. The summed E-state index contributed by atoms with van der Waals surface area (Å²) in [5, 5.41) is 11.8. The molecule has 1 atom stereocenters. The Morgan fingerprint density at radius 2 is 1.36 bits per heavy atom. The molecule has 0 bridgehead atoms. The van der Waals surface area contributed by atoms with E-state index in [-0.39, 0.29) is 36.7 Å². The summed E-state index contributed by atoms with van der Waals surface area (Å²) in [6.45, 7) is 2.61. The van der Waals surface area contributed by atoms with Crippen molar-refractivity contribution < 1.29 is 14.7 Å². The average Bonchev–Trinajstić information content (AvgIpc) is 2.72. The molecule has 33 heavy (non-hydrogen) atoms. The van der Waals surface area contributed by atoms with E-state index in [0.29, 0.717) is 25.8 Å². The van der Waals surface area contributed by atoms with Gasteiger partial charge in [0.1, 0.15) is 6.04 Å². The first-order chi connectivity index (χ1) is 15.0. The SMILES string of the molecule is CCCCCCCC/C=C\CCCCCCCC(=O)N[C@@H](CCCN=C(N)N)C(=O)O.Cl.Cl. The van der Waals surface area contributed by atoms with Crippen LogP contribution in [0.2, 0.25) is 0 Å². The van der Waals surface area contributed by atoms with Crippen LogP contribution in [0.25, 0.3) is 0 Å². The predicted molar refractivity (Wildman–Crippen MR) is 143 cm³/mol. The number of nitrogens with zero attached hydrogens (tertiary/aromatic N) is 1. The molecule has 1 amide bonds. The second-order valence-electron chi connectivity index (χ2n) is 8.24. The molecule has 0 heterocycles. The van der Waals surface area contributed by atoms with Gasteiger partial charge in [0, 0.05) is 13.0 Å². The van der Waals surface area contributed by atoms with E-state index in [4.69, 9.17) is 11.5 Å². The van der Waals surface area contributed by atoms with Crippen molar-refractivity contribution in [2.75, 3.05) is 6.54 Å². The molecule has 0 unspecified atom stereocenters. The zero-order valence-corrected chi connectivity index (χ0v) is 22.1. The molecular formula is C24H48Cl2N4O3. The number of carbonyl (C=O) groups excluding carboxylic acids is 1. The number of carboxylic acid groups (broad SMARTS) is 1. The first-order valence-corrected chi connectivity index (χ1v) is 12.2. The maximum absolute atomic E-state index is 12.0. The Morgan fingerprint density at radius 3 is 1.88 bits per heavy atom. The highest BCUT2D eigenvalue weighted by molar-refractivity contribution is 5.85. The van der Waals surface area contributed by atoms with E-state index in [1.54, 1.807) is 0 Å². The maximum atomic E-state index is 12.0. The van der Waals surface area contributed by atoms with Crippen molar-refractivity contribution in [1.29, 1.82) is 0 Å². The van der Waals surface area contributed by atoms with E-state index in [9.17, 15) is 14.7 Å². The molecule has 0 aliphatic carbocycles. The number of hydrogen-bond donors (Lipinski definition) is 4. The van der Waals surface area contributed by atoms with Gasteiger partial charge >= 0.3 is 5.97 Å². The third-order valence-corrected chi connectivity index (χ3v) is 5.24. The van der Waals surface area contributed by atoms with Crippen LogP contribution in [0.5, 0.6) is 0 Å². The summed E-state index contributed by atoms with van der Waals surface area (Å²) >= 11 is 0. The van der Waals surface area contributed by atoms with Crippen molar-refractivity contribution in [3.8, 4) is 0 Å². The second-order valence-corrected chi connectivity index (χ2v) is 8.24. The van der Waals surface area contributed by atoms with E-state index in [0.717, 1.165) is 25.7 Å². The minimum atomic E-state index is -1.03. The van der Waals surface area contributed by atoms with E-state index in [1.165, 1.54) is 57.8 Å². The third-order valence-electron chi connectivity index (χ3n) is 5.24. The fourth-order valence-corrected chi connectivity index (χ4v) is 3.38. The molecule has 9 heteroatoms. The first-order valence-electron chi connectivity index (χ1n) is 12.2. The predicted octanol–water partition coefficient (Wildman–Crippen LogP) is 5.49. The Morgan fingerprint density at radius 1 is 0.848 bits per heavy atom. The zero-order chi connectivity index (χ0) is 23.2. The van der Waals surface area contributed by atoms with E-state index in [2.05, 4.69) is 29.4 Å². The molecule has 0 aromatic heterocycles. The summed E-state index contributed by atoms with van der Waals surface area (Å²) in [4.78, 5) is 27.1. The second kappa shape index (κ2) is 26.8. The van der Waals surface area contributed by atoms with E-state index < -0.39 is 12.0 Å². The number of rotatable bonds is 21. The van der Waals surface area contributed by atoms with Crippen LogP contribution in [0.1, 0.15) is 110 Å². The number of unbranched alkanes of at least 4 members (excludes halogenated alkanes) is 11. The molecule has 0 rings (SSSR count). The Bertz CT molecular complexity index is 528. The van der Waals surface area contributed by atoms with Crippen molar-refractivity contribution >= 4 is 42.7 Å². The van der Waals surface area contributed by atoms with Crippen molar-refractivity contribution in [2.45, 2.75) is 116 Å². The number of nitrogens with two attached hydrogens (primary N) is 2. The van der Waals surface area contributed by atoms with Crippen LogP contribution >= 0.6 is 24.8 Å². The minimum Gasteiger partial charge on any atom is -0.480 e. The quantitative estimate of drug-likeness (QED) is 0.0700. The molecule has 0 spiro atoms. The lowest BCUT2D eigenvalue weighted by Crippen LogP contribution is -2.40. The lowest BCUT2D eigenvalue weighted by atomic mass is 10.1. The van der Waals surface area contributed by atoms with Crippen molar-refractivity contribution in [3.63, 3.8) is 0 Å². The van der Waals surface area contributed by atoms with Crippen LogP contribution in [0, 0.1) is 0 Å². The summed E-state index contributed by atoms with van der Waals surface area (Å²) in [5.41, 5.74) is 10.5. The third kappa shape index (κ3) is 26.7. The number of halogens is 2. The van der Waals surface area contributed by atoms with E-state index >= 15 is 0 Å². The Hall–Kier alpha value is -1.47. The average molecular weight is 512 g/mol. The fourth-order valence-electron chi connectivity index (χ4n) is 3.38. The van der Waals surface area contributed by atoms with Gasteiger partial charge < -0.3 is 21.9 Å². The Balaban J connectivity index is -0.00000450. The summed E-state index contributed by atoms with van der Waals surface area (Å²) in [7, 11) is 0. The van der Waals surface area contributed by atoms with Crippen molar-refractivity contribution in [1.82, 2.24) is 5.32 Å². The van der Waals surface area contributed by atoms with Gasteiger partial charge in [-0.1, -0.05) is 70.4 Å². The molecule has 6 N–H and O–H groups in total. The van der Waals surface area contributed by atoms with E-state index in [1.807, 2.05) is 0 Å². The number of nitrogens with one attached hydrogen (secondary N) is 1. The van der Waals surface area contributed by atoms with Gasteiger partial charge in [0.2, 0.25) is 5.91 Å². The summed E-state index contributed by atoms with van der Waals surface area (Å²) < 4.78 is 0. The minimum absolute atomic E-state index is 0. The first kappa shape index (κ1) is 36.1. The number of amides is 1. The number of aliphatic carboxylic acids is 1. The Labute approximate surface area is 213 Å². The van der Waals surface area contributed by atoms with Crippen molar-refractivity contribution in [2.24, 2.45) is 16.5 Å². The number of aliphatic imine (C=N–C) groups is 1. The molecule has 0 aliphatic heterocycles. The van der Waals surface area contributed by atoms with Gasteiger partial charge in [0.05, 0.1) is 0 Å². The van der Waals surface area contributed by atoms with Gasteiger partial charge in [-0.3, -0.25) is 9.79 Å². The maximum Gasteiger partial charge on any atom is 0.326 e. The molecule has 0 aromatic carbocycles. The standard InChI is InChI=1S/C24H46N4O3.2ClH/c1-2-3-4-5-6-7-8-9-10-11-12-13-14-15-16-19-22(29)28-21(23(30)31)18-17-20-27-24(25)26;;/h9-10,21H,2-8,11-20H2,1H3,(H,28,29)(H,30,31)(H4,25,26,27);2*1H/b10-9-;;/t21-;;/m0../s1. The Kier molecular flexibility index (Phi) is 29.3. The van der Waals surface area contributed by atoms with Gasteiger partial charge in [0.25, 0.3) is 0 Å². The monoisotopic (exact) mass is 510 g/mol. The summed E-state index contributed by atoms with van der Waals surface area (Å²) in [6, 6.07) is -0.884. The van der Waals surface area contributed by atoms with Crippen LogP contribution in [0.15, 0.2) is 17.1 Å². The van der Waals surface area contributed by atoms with Crippen molar-refractivity contribution in [3.05, 3.63) is 12.2 Å². The lowest BCUT2D eigenvalue weighted by molar-refractivity contribution is -0.142. The van der Waals surface area contributed by atoms with Gasteiger partial charge in [-0.2, -0.15) is 0 Å². The van der Waals surface area contributed by atoms with Gasteiger partial charge in [-0.25, -0.2) is 4.79 Å². The number of carboxylic acids is 1. The van der Waals surface area contributed by atoms with Crippen LogP contribution < -0.4 is 16.8 Å². The topological polar surface area (TPSA) is 131 Å². The highest BCUT2D eigenvalue weighted by Gasteiger charge is 2.18. The van der Waals surface area contributed by atoms with Crippen LogP contribution in [-0.4, -0.2) is 35.5 Å². The summed E-state index contributed by atoms with van der Waals surface area (Å²) in [6.07, 6.45) is 21.5. The summed E-state index contributed by atoms with van der Waals surface area (Å²) in [5.74, 6) is -1.24. The number of guanidine groups is 1. The van der Waals surface area contributed by atoms with Crippen LogP contribution in [0.4, 0.5) is 0 Å². The lowest BCUT2D eigenvalue weighted by Gasteiger charge is -2.14. The number of allylic oxidation sites excluding steroid dienone is 2. The molecule has 0 aromatic rings. The largest absolute Gasteiger partial charge is 0.480 e. The molecule has 0 radical (unpaired) electrons. The number of carbonyl (C=O) groups is 2. The molecular weight excluding hydrogens is 463 g/mol. The molecule has 0 aliphatic rings. The van der Waals surface area contributed by atoms with Crippen LogP contribution in [-0.2, 0) is 9.59 Å². The zero-order valence-electron chi connectivity index (χ0n) is 20.4. The molecule has 0 fully saturated rings. The smallest absolute Gasteiger partial charge is 0.326 e. The molecule has 0 saturated heterocycles. The molecule has 196 valence electrons. The number of hydrogen-bond acceptors (Lipinski definition) is 3. The highest BCUT2D eigenvalue weighted by Crippen LogP contribution is 2.10. The fraction of sp³-hybridized carbons (Fsp3) is 0.792. The van der Waals surface area contributed by atoms with Gasteiger partial charge in [0.15, 0.2) is 5.96 Å².